The fourth-order valence-corrected chi connectivity index (χ4v) is 3.66. The van der Waals surface area contributed by atoms with Gasteiger partial charge in [0.15, 0.2) is 0 Å². The molecule has 1 heteroatoms. The Morgan fingerprint density at radius 1 is 0.720 bits per heavy atom. The van der Waals surface area contributed by atoms with Crippen LogP contribution in [-0.4, -0.2) is 5.11 Å². The van der Waals surface area contributed by atoms with Gasteiger partial charge in [0.25, 0.3) is 0 Å². The van der Waals surface area contributed by atoms with Gasteiger partial charge in [-0.15, -0.1) is 0 Å². The molecule has 1 nitrogen and oxygen atoms in total. The third-order valence-electron chi connectivity index (χ3n) is 5.18. The Bertz CT molecular complexity index is 699. The summed E-state index contributed by atoms with van der Waals surface area (Å²) in [5.41, 5.74) is 9.07. The number of phenolic OH excluding ortho intramolecular Hbond substituents is 1. The van der Waals surface area contributed by atoms with Crippen molar-refractivity contribution in [2.24, 2.45) is 0 Å². The molecule has 25 heavy (non-hydrogen) atoms. The minimum atomic E-state index is 0.423. The number of hydrogen-bond acceptors (Lipinski definition) is 1. The first kappa shape index (κ1) is 19.6. The van der Waals surface area contributed by atoms with E-state index in [9.17, 15) is 5.11 Å². The molecule has 0 heterocycles. The van der Waals surface area contributed by atoms with E-state index in [4.69, 9.17) is 0 Å². The molecule has 2 aromatic carbocycles. The molecule has 0 aliphatic heterocycles. The van der Waals surface area contributed by atoms with Crippen molar-refractivity contribution in [3.63, 3.8) is 0 Å². The van der Waals surface area contributed by atoms with Crippen molar-refractivity contribution in [3.05, 3.63) is 63.2 Å². The molecule has 2 aromatic rings. The molecule has 0 spiro atoms. The zero-order valence-electron chi connectivity index (χ0n) is 17.2. The molecule has 1 N–H and O–H groups in total. The van der Waals surface area contributed by atoms with Crippen LogP contribution < -0.4 is 0 Å². The van der Waals surface area contributed by atoms with E-state index in [-0.39, 0.29) is 0 Å². The SMILES string of the molecule is Cc1cc(Cc2c(C(C)C)cc(C(C)C)cc2C(C)C)cc(C)c1O. The lowest BCUT2D eigenvalue weighted by Crippen LogP contribution is -2.07. The molecule has 0 bridgehead atoms. The molecule has 136 valence electrons. The standard InChI is InChI=1S/C24H34O/c1-14(2)20-12-21(15(3)4)23(22(13-20)16(5)6)11-19-9-17(7)24(25)18(8)10-19/h9-10,12-16,25H,11H2,1-8H3. The zero-order chi connectivity index (χ0) is 18.9. The number of benzene rings is 2. The highest BCUT2D eigenvalue weighted by Crippen LogP contribution is 2.34. The minimum absolute atomic E-state index is 0.423. The maximum absolute atomic E-state index is 10.1. The summed E-state index contributed by atoms with van der Waals surface area (Å²) >= 11 is 0. The first-order chi connectivity index (χ1) is 11.6. The van der Waals surface area contributed by atoms with Gasteiger partial charge in [-0.3, -0.25) is 0 Å². The third kappa shape index (κ3) is 4.26. The van der Waals surface area contributed by atoms with Crippen molar-refractivity contribution < 1.29 is 5.11 Å². The van der Waals surface area contributed by atoms with Crippen LogP contribution in [0.15, 0.2) is 24.3 Å². The van der Waals surface area contributed by atoms with E-state index in [0.29, 0.717) is 23.5 Å². The molecular weight excluding hydrogens is 304 g/mol. The van der Waals surface area contributed by atoms with E-state index in [2.05, 4.69) is 65.8 Å². The van der Waals surface area contributed by atoms with Gasteiger partial charge in [-0.1, -0.05) is 65.8 Å². The summed E-state index contributed by atoms with van der Waals surface area (Å²) in [4.78, 5) is 0. The van der Waals surface area contributed by atoms with Crippen LogP contribution in [0.5, 0.6) is 5.75 Å². The van der Waals surface area contributed by atoms with E-state index in [1.165, 1.54) is 27.8 Å². The van der Waals surface area contributed by atoms with E-state index >= 15 is 0 Å². The van der Waals surface area contributed by atoms with E-state index in [0.717, 1.165) is 17.5 Å². The van der Waals surface area contributed by atoms with Crippen molar-refractivity contribution in [2.45, 2.75) is 79.6 Å². The topological polar surface area (TPSA) is 20.2 Å². The zero-order valence-corrected chi connectivity index (χ0v) is 17.2. The Morgan fingerprint density at radius 2 is 1.16 bits per heavy atom. The van der Waals surface area contributed by atoms with Gasteiger partial charge in [-0.25, -0.2) is 0 Å². The quantitative estimate of drug-likeness (QED) is 0.624. The second-order valence-corrected chi connectivity index (χ2v) is 8.40. The molecule has 0 aromatic heterocycles. The monoisotopic (exact) mass is 338 g/mol. The van der Waals surface area contributed by atoms with Gasteiger partial charge in [0.1, 0.15) is 5.75 Å². The Balaban J connectivity index is 2.62. The fraction of sp³-hybridized carbons (Fsp3) is 0.500. The molecule has 0 unspecified atom stereocenters. The molecule has 0 aliphatic rings. The number of phenols is 1. The second-order valence-electron chi connectivity index (χ2n) is 8.40. The molecule has 0 saturated carbocycles. The van der Waals surface area contributed by atoms with Crippen LogP contribution >= 0.6 is 0 Å². The van der Waals surface area contributed by atoms with Crippen molar-refractivity contribution in [1.82, 2.24) is 0 Å². The first-order valence-corrected chi connectivity index (χ1v) is 9.57. The van der Waals surface area contributed by atoms with Crippen molar-refractivity contribution in [2.75, 3.05) is 0 Å². The van der Waals surface area contributed by atoms with Gasteiger partial charge in [0.2, 0.25) is 0 Å². The molecule has 0 amide bonds. The van der Waals surface area contributed by atoms with Gasteiger partial charge in [0, 0.05) is 0 Å². The van der Waals surface area contributed by atoms with Crippen LogP contribution in [0.4, 0.5) is 0 Å². The molecule has 0 aliphatic carbocycles. The summed E-state index contributed by atoms with van der Waals surface area (Å²) in [6.45, 7) is 17.7. The molecule has 0 fully saturated rings. The average Bonchev–Trinajstić information content (AvgIpc) is 2.51. The summed E-state index contributed by atoms with van der Waals surface area (Å²) < 4.78 is 0. The van der Waals surface area contributed by atoms with E-state index in [1.54, 1.807) is 0 Å². The fourth-order valence-electron chi connectivity index (χ4n) is 3.66. The molecule has 0 atom stereocenters. The third-order valence-corrected chi connectivity index (χ3v) is 5.18. The number of aryl methyl sites for hydroxylation is 2. The highest BCUT2D eigenvalue weighted by Gasteiger charge is 2.18. The van der Waals surface area contributed by atoms with Gasteiger partial charge in [-0.05, 0) is 77.0 Å². The maximum atomic E-state index is 10.1. The first-order valence-electron chi connectivity index (χ1n) is 9.57. The summed E-state index contributed by atoms with van der Waals surface area (Å²) in [7, 11) is 0. The van der Waals surface area contributed by atoms with Gasteiger partial charge >= 0.3 is 0 Å². The number of aromatic hydroxyl groups is 1. The van der Waals surface area contributed by atoms with Crippen LogP contribution in [0, 0.1) is 13.8 Å². The lowest BCUT2D eigenvalue weighted by molar-refractivity contribution is 0.466. The lowest BCUT2D eigenvalue weighted by atomic mass is 9.82. The van der Waals surface area contributed by atoms with Crippen LogP contribution in [0.3, 0.4) is 0 Å². The van der Waals surface area contributed by atoms with Crippen LogP contribution in [0.2, 0.25) is 0 Å². The van der Waals surface area contributed by atoms with Gasteiger partial charge in [0.05, 0.1) is 0 Å². The highest BCUT2D eigenvalue weighted by molar-refractivity contribution is 5.48. The summed E-state index contributed by atoms with van der Waals surface area (Å²) in [5, 5.41) is 10.1. The predicted molar refractivity (Wildman–Crippen MR) is 109 cm³/mol. The lowest BCUT2D eigenvalue weighted by Gasteiger charge is -2.23. The van der Waals surface area contributed by atoms with Crippen LogP contribution in [0.25, 0.3) is 0 Å². The van der Waals surface area contributed by atoms with Crippen LogP contribution in [-0.2, 0) is 6.42 Å². The van der Waals surface area contributed by atoms with E-state index in [1.807, 2.05) is 13.8 Å². The van der Waals surface area contributed by atoms with Crippen molar-refractivity contribution >= 4 is 0 Å². The summed E-state index contributed by atoms with van der Waals surface area (Å²) in [5.74, 6) is 1.98. The Hall–Kier alpha value is -1.76. The predicted octanol–water partition coefficient (Wildman–Crippen LogP) is 6.97. The molecule has 0 saturated heterocycles. The summed E-state index contributed by atoms with van der Waals surface area (Å²) in [6, 6.07) is 9.09. The van der Waals surface area contributed by atoms with Crippen molar-refractivity contribution in [1.29, 1.82) is 0 Å². The number of hydrogen-bond donors (Lipinski definition) is 1. The molecule has 2 rings (SSSR count). The van der Waals surface area contributed by atoms with Crippen LogP contribution in [0.1, 0.15) is 98.2 Å². The normalized spacial score (nSPS) is 11.8. The van der Waals surface area contributed by atoms with E-state index < -0.39 is 0 Å². The second kappa shape index (κ2) is 7.64. The summed E-state index contributed by atoms with van der Waals surface area (Å²) in [6.07, 6.45) is 0.932. The Labute approximate surface area is 154 Å². The van der Waals surface area contributed by atoms with Crippen molar-refractivity contribution in [3.8, 4) is 5.75 Å². The minimum Gasteiger partial charge on any atom is -0.507 e. The smallest absolute Gasteiger partial charge is 0.121 e. The molecule has 0 radical (unpaired) electrons. The van der Waals surface area contributed by atoms with Gasteiger partial charge < -0.3 is 5.11 Å². The van der Waals surface area contributed by atoms with Gasteiger partial charge in [-0.2, -0.15) is 0 Å². The Kier molecular flexibility index (Phi) is 5.98. The Morgan fingerprint density at radius 3 is 1.52 bits per heavy atom. The maximum Gasteiger partial charge on any atom is 0.121 e. The highest BCUT2D eigenvalue weighted by atomic mass is 16.3. The molecular formula is C24H34O. The number of rotatable bonds is 5. The largest absolute Gasteiger partial charge is 0.507 e. The average molecular weight is 339 g/mol.